The van der Waals surface area contributed by atoms with E-state index in [2.05, 4.69) is 0 Å². The molecule has 2 N–H and O–H groups in total. The third-order valence-electron chi connectivity index (χ3n) is 2.62. The molecule has 20 heavy (non-hydrogen) atoms. The van der Waals surface area contributed by atoms with Crippen LogP contribution in [0.3, 0.4) is 0 Å². The van der Waals surface area contributed by atoms with Crippen LogP contribution in [0.15, 0.2) is 36.4 Å². The van der Waals surface area contributed by atoms with Gasteiger partial charge in [-0.2, -0.15) is 0 Å². The Kier molecular flexibility index (Phi) is 4.52. The molecule has 0 bridgehead atoms. The maximum Gasteiger partial charge on any atom is 0.139 e. The summed E-state index contributed by atoms with van der Waals surface area (Å²) < 4.78 is 32.3. The highest BCUT2D eigenvalue weighted by molar-refractivity contribution is 7.80. The van der Waals surface area contributed by atoms with Gasteiger partial charge in [0.1, 0.15) is 29.0 Å². The van der Waals surface area contributed by atoms with E-state index in [1.54, 1.807) is 12.1 Å². The summed E-state index contributed by atoms with van der Waals surface area (Å²) in [5.74, 6) is -0.726. The lowest BCUT2D eigenvalue weighted by atomic mass is 10.1. The summed E-state index contributed by atoms with van der Waals surface area (Å²) in [6.45, 7) is -0.0619. The van der Waals surface area contributed by atoms with Crippen LogP contribution in [-0.4, -0.2) is 4.99 Å². The first-order chi connectivity index (χ1) is 9.49. The monoisotopic (exact) mass is 313 g/mol. The van der Waals surface area contributed by atoms with Crippen LogP contribution in [0.1, 0.15) is 11.1 Å². The molecule has 0 aliphatic heterocycles. The molecule has 0 spiro atoms. The molecule has 2 aromatic rings. The summed E-state index contributed by atoms with van der Waals surface area (Å²) in [7, 11) is 0. The highest BCUT2D eigenvalue weighted by Crippen LogP contribution is 2.26. The fourth-order valence-electron chi connectivity index (χ4n) is 1.63. The summed E-state index contributed by atoms with van der Waals surface area (Å²) >= 11 is 10.6. The summed E-state index contributed by atoms with van der Waals surface area (Å²) in [4.78, 5) is -0.0239. The number of hydrogen-bond acceptors (Lipinski definition) is 2. The average Bonchev–Trinajstić information content (AvgIpc) is 2.39. The van der Waals surface area contributed by atoms with Crippen LogP contribution in [-0.2, 0) is 6.61 Å². The van der Waals surface area contributed by atoms with Crippen molar-refractivity contribution in [3.05, 3.63) is 64.2 Å². The van der Waals surface area contributed by atoms with Crippen molar-refractivity contribution < 1.29 is 13.5 Å². The van der Waals surface area contributed by atoms with Gasteiger partial charge < -0.3 is 10.5 Å². The normalized spacial score (nSPS) is 10.3. The van der Waals surface area contributed by atoms with E-state index in [0.717, 1.165) is 6.07 Å². The van der Waals surface area contributed by atoms with Gasteiger partial charge in [0.2, 0.25) is 0 Å². The van der Waals surface area contributed by atoms with E-state index in [-0.39, 0.29) is 33.5 Å². The summed E-state index contributed by atoms with van der Waals surface area (Å²) in [5, 5.41) is 0.121. The Labute approximate surface area is 125 Å². The van der Waals surface area contributed by atoms with E-state index in [4.69, 9.17) is 34.3 Å². The molecule has 2 rings (SSSR count). The minimum atomic E-state index is -0.529. The van der Waals surface area contributed by atoms with Crippen LogP contribution in [0, 0.1) is 11.6 Å². The number of nitrogens with two attached hydrogens (primary N) is 1. The van der Waals surface area contributed by atoms with Gasteiger partial charge in [-0.25, -0.2) is 8.78 Å². The first kappa shape index (κ1) is 14.7. The summed E-state index contributed by atoms with van der Waals surface area (Å²) in [5.41, 5.74) is 5.87. The number of halogens is 3. The molecule has 0 aliphatic rings. The SMILES string of the molecule is NC(=S)c1cccc(COc2ccc(F)cc2Cl)c1F. The standard InChI is InChI=1S/C14H10ClF2NOS/c15-11-6-9(16)4-5-12(11)19-7-8-2-1-3-10(13(8)17)14(18)20/h1-6H,7H2,(H2,18,20). The van der Waals surface area contributed by atoms with Crippen LogP contribution in [0.5, 0.6) is 5.75 Å². The van der Waals surface area contributed by atoms with Crippen molar-refractivity contribution in [3.63, 3.8) is 0 Å². The Morgan fingerprint density at radius 3 is 2.65 bits per heavy atom. The molecular weight excluding hydrogens is 304 g/mol. The zero-order chi connectivity index (χ0) is 14.7. The number of benzene rings is 2. The van der Waals surface area contributed by atoms with Crippen LogP contribution >= 0.6 is 23.8 Å². The van der Waals surface area contributed by atoms with Gasteiger partial charge in [-0.05, 0) is 24.3 Å². The molecule has 0 aliphatic carbocycles. The second kappa shape index (κ2) is 6.15. The number of ether oxygens (including phenoxy) is 1. The van der Waals surface area contributed by atoms with Gasteiger partial charge in [-0.1, -0.05) is 36.0 Å². The van der Waals surface area contributed by atoms with Crippen LogP contribution in [0.25, 0.3) is 0 Å². The van der Waals surface area contributed by atoms with E-state index in [1.807, 2.05) is 0 Å². The smallest absolute Gasteiger partial charge is 0.139 e. The minimum absolute atomic E-state index is 0.0239. The average molecular weight is 314 g/mol. The zero-order valence-corrected chi connectivity index (χ0v) is 11.8. The molecule has 0 unspecified atom stereocenters. The molecule has 104 valence electrons. The third kappa shape index (κ3) is 3.23. The highest BCUT2D eigenvalue weighted by Gasteiger charge is 2.11. The quantitative estimate of drug-likeness (QED) is 0.871. The Bertz CT molecular complexity index is 664. The van der Waals surface area contributed by atoms with Crippen molar-refractivity contribution in [1.29, 1.82) is 0 Å². The van der Waals surface area contributed by atoms with Crippen molar-refractivity contribution in [3.8, 4) is 5.75 Å². The fraction of sp³-hybridized carbons (Fsp3) is 0.0714. The molecule has 2 aromatic carbocycles. The molecule has 0 aromatic heterocycles. The maximum atomic E-state index is 14.1. The Morgan fingerprint density at radius 1 is 1.25 bits per heavy atom. The van der Waals surface area contributed by atoms with E-state index in [1.165, 1.54) is 18.2 Å². The molecule has 0 amide bonds. The Morgan fingerprint density at radius 2 is 2.00 bits per heavy atom. The first-order valence-corrected chi connectivity index (χ1v) is 6.42. The zero-order valence-electron chi connectivity index (χ0n) is 10.2. The molecule has 0 saturated heterocycles. The van der Waals surface area contributed by atoms with Gasteiger partial charge in [-0.15, -0.1) is 0 Å². The van der Waals surface area contributed by atoms with Crippen molar-refractivity contribution in [2.24, 2.45) is 5.73 Å². The van der Waals surface area contributed by atoms with Crippen LogP contribution in [0.4, 0.5) is 8.78 Å². The molecule has 6 heteroatoms. The van der Waals surface area contributed by atoms with E-state index >= 15 is 0 Å². The highest BCUT2D eigenvalue weighted by atomic mass is 35.5. The van der Waals surface area contributed by atoms with E-state index < -0.39 is 11.6 Å². The predicted octanol–water partition coefficient (Wildman–Crippen LogP) is 3.83. The molecule has 2 nitrogen and oxygen atoms in total. The number of thiocarbonyl (C=S) groups is 1. The van der Waals surface area contributed by atoms with Gasteiger partial charge in [0.05, 0.1) is 5.02 Å². The fourth-order valence-corrected chi connectivity index (χ4v) is 2.01. The summed E-state index contributed by atoms with van der Waals surface area (Å²) in [6, 6.07) is 8.39. The molecule has 0 atom stereocenters. The lowest BCUT2D eigenvalue weighted by molar-refractivity contribution is 0.299. The van der Waals surface area contributed by atoms with E-state index in [9.17, 15) is 8.78 Å². The lowest BCUT2D eigenvalue weighted by Crippen LogP contribution is -2.13. The minimum Gasteiger partial charge on any atom is -0.487 e. The maximum absolute atomic E-state index is 14.1. The van der Waals surface area contributed by atoms with Crippen LogP contribution < -0.4 is 10.5 Å². The van der Waals surface area contributed by atoms with E-state index in [0.29, 0.717) is 0 Å². The van der Waals surface area contributed by atoms with Crippen LogP contribution in [0.2, 0.25) is 5.02 Å². The molecular formula is C14H10ClF2NOS. The third-order valence-corrected chi connectivity index (χ3v) is 3.14. The summed E-state index contributed by atoms with van der Waals surface area (Å²) in [6.07, 6.45) is 0. The Hall–Kier alpha value is -1.72. The van der Waals surface area contributed by atoms with Crippen molar-refractivity contribution in [2.45, 2.75) is 6.61 Å². The number of hydrogen-bond donors (Lipinski definition) is 1. The molecule has 0 radical (unpaired) electrons. The molecule has 0 heterocycles. The van der Waals surface area contributed by atoms with Gasteiger partial charge in [0.25, 0.3) is 0 Å². The Balaban J connectivity index is 2.19. The predicted molar refractivity (Wildman–Crippen MR) is 78.0 cm³/mol. The van der Waals surface area contributed by atoms with Crippen molar-refractivity contribution in [2.75, 3.05) is 0 Å². The van der Waals surface area contributed by atoms with Crippen molar-refractivity contribution >= 4 is 28.8 Å². The first-order valence-electron chi connectivity index (χ1n) is 5.64. The lowest BCUT2D eigenvalue weighted by Gasteiger charge is -2.10. The topological polar surface area (TPSA) is 35.2 Å². The van der Waals surface area contributed by atoms with Gasteiger partial charge >= 0.3 is 0 Å². The largest absolute Gasteiger partial charge is 0.487 e. The number of rotatable bonds is 4. The van der Waals surface area contributed by atoms with Gasteiger partial charge in [-0.3, -0.25) is 0 Å². The second-order valence-electron chi connectivity index (χ2n) is 4.01. The second-order valence-corrected chi connectivity index (χ2v) is 4.85. The van der Waals surface area contributed by atoms with Crippen molar-refractivity contribution in [1.82, 2.24) is 0 Å². The molecule has 0 saturated carbocycles. The van der Waals surface area contributed by atoms with Gasteiger partial charge in [0, 0.05) is 11.1 Å². The van der Waals surface area contributed by atoms with Gasteiger partial charge in [0.15, 0.2) is 0 Å². The molecule has 0 fully saturated rings.